The van der Waals surface area contributed by atoms with Crippen molar-refractivity contribution in [1.82, 2.24) is 0 Å². The molecule has 1 atom stereocenters. The van der Waals surface area contributed by atoms with Crippen LogP contribution in [0.1, 0.15) is 35.0 Å². The summed E-state index contributed by atoms with van der Waals surface area (Å²) in [5, 5.41) is 0. The Balaban J connectivity index is 1.92. The predicted octanol–water partition coefficient (Wildman–Crippen LogP) is 4.04. The normalized spacial score (nSPS) is 12.3. The van der Waals surface area contributed by atoms with Gasteiger partial charge in [0, 0.05) is 5.92 Å². The molecular formula is C16H18O2. The Labute approximate surface area is 108 Å². The molecule has 0 saturated carbocycles. The first-order chi connectivity index (χ1) is 8.66. The minimum absolute atomic E-state index is 0.00309. The summed E-state index contributed by atoms with van der Waals surface area (Å²) in [5.74, 6) is 0.552. The number of ketones is 1. The quantitative estimate of drug-likeness (QED) is 0.741. The number of furan rings is 1. The van der Waals surface area contributed by atoms with Gasteiger partial charge in [-0.3, -0.25) is 4.79 Å². The van der Waals surface area contributed by atoms with Crippen LogP contribution in [0.3, 0.4) is 0 Å². The van der Waals surface area contributed by atoms with E-state index in [1.165, 1.54) is 11.1 Å². The van der Waals surface area contributed by atoms with Crippen molar-refractivity contribution in [2.75, 3.05) is 0 Å². The fourth-order valence-electron chi connectivity index (χ4n) is 2.04. The second-order valence-electron chi connectivity index (χ2n) is 4.77. The van der Waals surface area contributed by atoms with E-state index < -0.39 is 0 Å². The smallest absolute Gasteiger partial charge is 0.200 e. The molecule has 0 saturated heterocycles. The van der Waals surface area contributed by atoms with Gasteiger partial charge in [-0.05, 0) is 37.5 Å². The van der Waals surface area contributed by atoms with E-state index in [-0.39, 0.29) is 11.7 Å². The molecule has 2 rings (SSSR count). The first-order valence-electron chi connectivity index (χ1n) is 6.30. The number of benzene rings is 1. The van der Waals surface area contributed by atoms with Gasteiger partial charge in [0.2, 0.25) is 5.78 Å². The van der Waals surface area contributed by atoms with Crippen molar-refractivity contribution in [2.45, 2.75) is 26.7 Å². The molecule has 1 aromatic carbocycles. The minimum Gasteiger partial charge on any atom is -0.461 e. The number of carbonyl (C=O) groups excluding carboxylic acids is 1. The lowest BCUT2D eigenvalue weighted by Crippen LogP contribution is -2.11. The van der Waals surface area contributed by atoms with Crippen molar-refractivity contribution in [3.8, 4) is 0 Å². The number of hydrogen-bond donors (Lipinski definition) is 0. The molecule has 0 bridgehead atoms. The van der Waals surface area contributed by atoms with Gasteiger partial charge in [0.1, 0.15) is 0 Å². The molecule has 18 heavy (non-hydrogen) atoms. The molecule has 0 N–H and O–H groups in total. The topological polar surface area (TPSA) is 30.2 Å². The molecule has 94 valence electrons. The van der Waals surface area contributed by atoms with Crippen LogP contribution in [0.15, 0.2) is 47.1 Å². The summed E-state index contributed by atoms with van der Waals surface area (Å²) < 4.78 is 5.14. The van der Waals surface area contributed by atoms with Crippen molar-refractivity contribution >= 4 is 5.78 Å². The highest BCUT2D eigenvalue weighted by Crippen LogP contribution is 2.16. The highest BCUT2D eigenvalue weighted by Gasteiger charge is 2.17. The standard InChI is InChI=1S/C16H18O2/c1-12-5-3-6-14(11-12)9-8-13(2)16(17)15-7-4-10-18-15/h3-7,10-11,13H,8-9H2,1-2H3. The molecule has 2 heteroatoms. The van der Waals surface area contributed by atoms with Crippen LogP contribution < -0.4 is 0 Å². The lowest BCUT2D eigenvalue weighted by Gasteiger charge is -2.09. The van der Waals surface area contributed by atoms with Crippen molar-refractivity contribution in [3.05, 3.63) is 59.5 Å². The Kier molecular flexibility index (Phi) is 3.98. The molecule has 0 aliphatic carbocycles. The van der Waals surface area contributed by atoms with Crippen molar-refractivity contribution < 1.29 is 9.21 Å². The van der Waals surface area contributed by atoms with E-state index in [0.717, 1.165) is 12.8 Å². The Hall–Kier alpha value is -1.83. The van der Waals surface area contributed by atoms with E-state index in [4.69, 9.17) is 4.42 Å². The zero-order chi connectivity index (χ0) is 13.0. The van der Waals surface area contributed by atoms with Gasteiger partial charge >= 0.3 is 0 Å². The number of rotatable bonds is 5. The van der Waals surface area contributed by atoms with E-state index >= 15 is 0 Å². The third-order valence-corrected chi connectivity index (χ3v) is 3.16. The van der Waals surface area contributed by atoms with Crippen LogP contribution in [0.2, 0.25) is 0 Å². The molecule has 1 aromatic heterocycles. The molecule has 2 aromatic rings. The largest absolute Gasteiger partial charge is 0.461 e. The number of hydrogen-bond acceptors (Lipinski definition) is 2. The van der Waals surface area contributed by atoms with Crippen LogP contribution in [-0.2, 0) is 6.42 Å². The summed E-state index contributed by atoms with van der Waals surface area (Å²) in [5.41, 5.74) is 2.55. The Morgan fingerprint density at radius 3 is 2.78 bits per heavy atom. The molecule has 0 radical (unpaired) electrons. The lowest BCUT2D eigenvalue weighted by molar-refractivity contribution is 0.0896. The third kappa shape index (κ3) is 3.10. The molecule has 0 aliphatic heterocycles. The molecule has 1 unspecified atom stereocenters. The summed E-state index contributed by atoms with van der Waals surface area (Å²) in [7, 11) is 0. The van der Waals surface area contributed by atoms with Gasteiger partial charge in [-0.2, -0.15) is 0 Å². The second kappa shape index (κ2) is 5.67. The van der Waals surface area contributed by atoms with Crippen molar-refractivity contribution in [2.24, 2.45) is 5.92 Å². The average Bonchev–Trinajstić information content (AvgIpc) is 2.89. The van der Waals surface area contributed by atoms with Gasteiger partial charge in [-0.1, -0.05) is 36.8 Å². The number of aryl methyl sites for hydroxylation is 2. The van der Waals surface area contributed by atoms with Gasteiger partial charge in [0.15, 0.2) is 5.76 Å². The summed E-state index contributed by atoms with van der Waals surface area (Å²) in [6.07, 6.45) is 3.32. The molecule has 2 nitrogen and oxygen atoms in total. The first-order valence-corrected chi connectivity index (χ1v) is 6.30. The van der Waals surface area contributed by atoms with E-state index in [0.29, 0.717) is 5.76 Å². The Bertz CT molecular complexity index is 512. The van der Waals surface area contributed by atoms with Crippen molar-refractivity contribution in [1.29, 1.82) is 0 Å². The zero-order valence-electron chi connectivity index (χ0n) is 10.8. The maximum Gasteiger partial charge on any atom is 0.200 e. The zero-order valence-corrected chi connectivity index (χ0v) is 10.8. The van der Waals surface area contributed by atoms with Crippen LogP contribution in [0.5, 0.6) is 0 Å². The van der Waals surface area contributed by atoms with Crippen LogP contribution in [0, 0.1) is 12.8 Å². The maximum atomic E-state index is 12.0. The summed E-state index contributed by atoms with van der Waals surface area (Å²) in [6, 6.07) is 11.9. The van der Waals surface area contributed by atoms with E-state index in [2.05, 4.69) is 31.2 Å². The molecule has 0 spiro atoms. The van der Waals surface area contributed by atoms with Gasteiger partial charge < -0.3 is 4.42 Å². The monoisotopic (exact) mass is 242 g/mol. The van der Waals surface area contributed by atoms with Gasteiger partial charge in [-0.25, -0.2) is 0 Å². The van der Waals surface area contributed by atoms with E-state index in [9.17, 15) is 4.79 Å². The molecule has 0 aliphatic rings. The van der Waals surface area contributed by atoms with Crippen LogP contribution >= 0.6 is 0 Å². The average molecular weight is 242 g/mol. The first kappa shape index (κ1) is 12.6. The molecule has 0 amide bonds. The Morgan fingerprint density at radius 2 is 2.11 bits per heavy atom. The summed E-state index contributed by atoms with van der Waals surface area (Å²) >= 11 is 0. The summed E-state index contributed by atoms with van der Waals surface area (Å²) in [4.78, 5) is 12.0. The van der Waals surface area contributed by atoms with Gasteiger partial charge in [0.05, 0.1) is 6.26 Å². The third-order valence-electron chi connectivity index (χ3n) is 3.16. The Morgan fingerprint density at radius 1 is 1.28 bits per heavy atom. The lowest BCUT2D eigenvalue weighted by atomic mass is 9.95. The highest BCUT2D eigenvalue weighted by molar-refractivity contribution is 5.95. The van der Waals surface area contributed by atoms with Gasteiger partial charge in [0.25, 0.3) is 0 Å². The molecular weight excluding hydrogens is 224 g/mol. The highest BCUT2D eigenvalue weighted by atomic mass is 16.3. The van der Waals surface area contributed by atoms with Crippen LogP contribution in [-0.4, -0.2) is 5.78 Å². The fraction of sp³-hybridized carbons (Fsp3) is 0.312. The van der Waals surface area contributed by atoms with Crippen molar-refractivity contribution in [3.63, 3.8) is 0 Å². The number of carbonyl (C=O) groups is 1. The second-order valence-corrected chi connectivity index (χ2v) is 4.77. The van der Waals surface area contributed by atoms with Gasteiger partial charge in [-0.15, -0.1) is 0 Å². The van der Waals surface area contributed by atoms with E-state index in [1.807, 2.05) is 6.92 Å². The SMILES string of the molecule is Cc1cccc(CCC(C)C(=O)c2ccco2)c1. The number of Topliss-reactive ketones (excluding diaryl/α,β-unsaturated/α-hetero) is 1. The molecule has 1 heterocycles. The summed E-state index contributed by atoms with van der Waals surface area (Å²) in [6.45, 7) is 4.04. The predicted molar refractivity (Wildman–Crippen MR) is 71.7 cm³/mol. The van der Waals surface area contributed by atoms with Crippen LogP contribution in [0.4, 0.5) is 0 Å². The van der Waals surface area contributed by atoms with Crippen LogP contribution in [0.25, 0.3) is 0 Å². The maximum absolute atomic E-state index is 12.0. The minimum atomic E-state index is -0.00309. The van der Waals surface area contributed by atoms with E-state index in [1.54, 1.807) is 18.4 Å². The fourth-order valence-corrected chi connectivity index (χ4v) is 2.04. The molecule has 0 fully saturated rings.